The first-order chi connectivity index (χ1) is 17.3. The molecule has 2 atom stereocenters. The topological polar surface area (TPSA) is 95.1 Å². The van der Waals surface area contributed by atoms with Crippen molar-refractivity contribution < 1.29 is 28.5 Å². The van der Waals surface area contributed by atoms with Crippen LogP contribution < -0.4 is 24.8 Å². The molecule has 0 aliphatic carbocycles. The number of benzene rings is 3. The Labute approximate surface area is 216 Å². The molecule has 0 saturated carbocycles. The molecule has 0 saturated heterocycles. The van der Waals surface area contributed by atoms with Crippen molar-refractivity contribution in [3.8, 4) is 17.2 Å². The number of para-hydroxylation sites is 1. The number of hydrogen-bond acceptors (Lipinski definition) is 7. The predicted octanol–water partition coefficient (Wildman–Crippen LogP) is 5.80. The molecule has 0 heterocycles. The van der Waals surface area contributed by atoms with E-state index in [1.165, 1.54) is 21.3 Å². The quantitative estimate of drug-likeness (QED) is 0.315. The number of anilines is 1. The number of rotatable bonds is 9. The van der Waals surface area contributed by atoms with E-state index in [1.807, 2.05) is 19.1 Å². The van der Waals surface area contributed by atoms with Crippen molar-refractivity contribution in [3.63, 3.8) is 0 Å². The van der Waals surface area contributed by atoms with Gasteiger partial charge in [-0.1, -0.05) is 24.3 Å². The molecule has 3 rings (SSSR count). The Kier molecular flexibility index (Phi) is 9.08. The van der Waals surface area contributed by atoms with Crippen LogP contribution in [-0.4, -0.2) is 33.3 Å². The van der Waals surface area contributed by atoms with Gasteiger partial charge in [-0.05, 0) is 61.4 Å². The minimum absolute atomic E-state index is 0.248. The largest absolute Gasteiger partial charge is 0.493 e. The maximum atomic E-state index is 12.6. The number of alkyl carbamates (subject to hydrolysis) is 1. The van der Waals surface area contributed by atoms with Crippen LogP contribution in [0.15, 0.2) is 65.6 Å². The molecule has 0 aliphatic heterocycles. The van der Waals surface area contributed by atoms with Crippen LogP contribution in [0, 0.1) is 0 Å². The molecule has 9 heteroatoms. The SMILES string of the molecule is COc1cc([C@H](C)OC(=O)N[C@@H](C)c2ccc(C(=O)Nc3ccccc3S)cc2)cc(OC)c1OC. The van der Waals surface area contributed by atoms with E-state index in [0.717, 1.165) is 5.56 Å². The third kappa shape index (κ3) is 6.42. The number of methoxy groups -OCH3 is 3. The Balaban J connectivity index is 1.61. The van der Waals surface area contributed by atoms with Crippen LogP contribution in [0.5, 0.6) is 17.2 Å². The standard InChI is InChI=1S/C27H30N2O6S/c1-16(18-10-12-19(13-11-18)26(30)29-21-8-6-7-9-24(21)36)28-27(31)35-17(2)20-14-22(32-3)25(34-5)23(15-20)33-4/h6-17,36H,1-5H3,(H,28,31)(H,29,30)/t16-,17-/m0/s1. The zero-order chi connectivity index (χ0) is 26.2. The van der Waals surface area contributed by atoms with Gasteiger partial charge in [0.15, 0.2) is 11.5 Å². The van der Waals surface area contributed by atoms with Gasteiger partial charge >= 0.3 is 6.09 Å². The summed E-state index contributed by atoms with van der Waals surface area (Å²) in [6, 6.07) is 17.4. The highest BCUT2D eigenvalue weighted by atomic mass is 32.1. The van der Waals surface area contributed by atoms with Gasteiger partial charge in [-0.2, -0.15) is 0 Å². The van der Waals surface area contributed by atoms with E-state index >= 15 is 0 Å². The maximum Gasteiger partial charge on any atom is 0.408 e. The van der Waals surface area contributed by atoms with Gasteiger partial charge in [0.25, 0.3) is 5.91 Å². The molecule has 3 aromatic carbocycles. The average Bonchev–Trinajstić information content (AvgIpc) is 2.88. The number of nitrogens with one attached hydrogen (secondary N) is 2. The van der Waals surface area contributed by atoms with Gasteiger partial charge in [0.2, 0.25) is 5.75 Å². The van der Waals surface area contributed by atoms with Crippen molar-refractivity contribution in [2.75, 3.05) is 26.6 Å². The number of ether oxygens (including phenoxy) is 4. The summed E-state index contributed by atoms with van der Waals surface area (Å²) in [4.78, 5) is 25.8. The molecular weight excluding hydrogens is 480 g/mol. The summed E-state index contributed by atoms with van der Waals surface area (Å²) < 4.78 is 21.6. The van der Waals surface area contributed by atoms with Gasteiger partial charge in [-0.15, -0.1) is 12.6 Å². The molecule has 8 nitrogen and oxygen atoms in total. The Hall–Kier alpha value is -3.85. The molecule has 2 N–H and O–H groups in total. The smallest absolute Gasteiger partial charge is 0.408 e. The highest BCUT2D eigenvalue weighted by Crippen LogP contribution is 2.40. The second-order valence-electron chi connectivity index (χ2n) is 7.97. The minimum Gasteiger partial charge on any atom is -0.493 e. The molecule has 0 radical (unpaired) electrons. The molecule has 2 amide bonds. The summed E-state index contributed by atoms with van der Waals surface area (Å²) in [5.74, 6) is 1.15. The molecule has 0 spiro atoms. The summed E-state index contributed by atoms with van der Waals surface area (Å²) in [5, 5.41) is 5.65. The minimum atomic E-state index is -0.587. The van der Waals surface area contributed by atoms with E-state index < -0.39 is 12.2 Å². The molecule has 0 bridgehead atoms. The van der Waals surface area contributed by atoms with Gasteiger partial charge in [0.05, 0.1) is 33.1 Å². The molecule has 0 fully saturated rings. The van der Waals surface area contributed by atoms with Gasteiger partial charge < -0.3 is 29.6 Å². The van der Waals surface area contributed by atoms with Crippen LogP contribution >= 0.6 is 12.6 Å². The molecule has 36 heavy (non-hydrogen) atoms. The van der Waals surface area contributed by atoms with Crippen LogP contribution in [0.4, 0.5) is 10.5 Å². The van der Waals surface area contributed by atoms with Gasteiger partial charge in [-0.25, -0.2) is 4.79 Å². The fraction of sp³-hybridized carbons (Fsp3) is 0.259. The van der Waals surface area contributed by atoms with E-state index in [9.17, 15) is 9.59 Å². The molecule has 0 aliphatic rings. The van der Waals surface area contributed by atoms with E-state index in [0.29, 0.717) is 39.0 Å². The molecule has 190 valence electrons. The predicted molar refractivity (Wildman–Crippen MR) is 141 cm³/mol. The van der Waals surface area contributed by atoms with Crippen molar-refractivity contribution in [1.29, 1.82) is 0 Å². The van der Waals surface area contributed by atoms with Crippen LogP contribution in [0.25, 0.3) is 0 Å². The fourth-order valence-electron chi connectivity index (χ4n) is 3.56. The first kappa shape index (κ1) is 26.7. The molecule has 0 aromatic heterocycles. The second kappa shape index (κ2) is 12.2. The van der Waals surface area contributed by atoms with E-state index in [2.05, 4.69) is 23.3 Å². The van der Waals surface area contributed by atoms with Crippen LogP contribution in [0.1, 0.15) is 47.5 Å². The highest BCUT2D eigenvalue weighted by Gasteiger charge is 2.20. The summed E-state index contributed by atoms with van der Waals surface area (Å²) in [5.41, 5.74) is 2.62. The van der Waals surface area contributed by atoms with Crippen LogP contribution in [0.3, 0.4) is 0 Å². The van der Waals surface area contributed by atoms with Crippen molar-refractivity contribution in [2.24, 2.45) is 0 Å². The van der Waals surface area contributed by atoms with Gasteiger partial charge in [0.1, 0.15) is 6.10 Å². The van der Waals surface area contributed by atoms with Crippen molar-refractivity contribution >= 4 is 30.3 Å². The van der Waals surface area contributed by atoms with Crippen LogP contribution in [-0.2, 0) is 4.74 Å². The Morgan fingerprint density at radius 3 is 2.00 bits per heavy atom. The monoisotopic (exact) mass is 510 g/mol. The molecule has 3 aromatic rings. The lowest BCUT2D eigenvalue weighted by atomic mass is 10.1. The zero-order valence-electron chi connectivity index (χ0n) is 20.8. The highest BCUT2D eigenvalue weighted by molar-refractivity contribution is 7.80. The normalized spacial score (nSPS) is 12.2. The fourth-order valence-corrected chi connectivity index (χ4v) is 3.77. The van der Waals surface area contributed by atoms with E-state index in [4.69, 9.17) is 18.9 Å². The number of hydrogen-bond donors (Lipinski definition) is 3. The Morgan fingerprint density at radius 2 is 1.44 bits per heavy atom. The van der Waals surface area contributed by atoms with Crippen molar-refractivity contribution in [2.45, 2.75) is 30.9 Å². The first-order valence-electron chi connectivity index (χ1n) is 11.2. The Bertz CT molecular complexity index is 1190. The van der Waals surface area contributed by atoms with Crippen LogP contribution in [0.2, 0.25) is 0 Å². The maximum absolute atomic E-state index is 12.6. The number of carbonyl (C=O) groups is 2. The summed E-state index contributed by atoms with van der Waals surface area (Å²) in [6.07, 6.45) is -1.16. The number of carbonyl (C=O) groups excluding carboxylic acids is 2. The van der Waals surface area contributed by atoms with E-state index in [1.54, 1.807) is 55.5 Å². The summed E-state index contributed by atoms with van der Waals surface area (Å²) in [6.45, 7) is 3.58. The second-order valence-corrected chi connectivity index (χ2v) is 8.45. The average molecular weight is 511 g/mol. The molecule has 0 unspecified atom stereocenters. The lowest BCUT2D eigenvalue weighted by Gasteiger charge is -2.20. The summed E-state index contributed by atoms with van der Waals surface area (Å²) >= 11 is 4.35. The van der Waals surface area contributed by atoms with Crippen molar-refractivity contribution in [1.82, 2.24) is 5.32 Å². The zero-order valence-corrected chi connectivity index (χ0v) is 21.7. The van der Waals surface area contributed by atoms with Gasteiger partial charge in [0, 0.05) is 10.5 Å². The van der Waals surface area contributed by atoms with Crippen molar-refractivity contribution in [3.05, 3.63) is 77.4 Å². The lowest BCUT2D eigenvalue weighted by Crippen LogP contribution is -2.28. The third-order valence-corrected chi connectivity index (χ3v) is 5.99. The lowest BCUT2D eigenvalue weighted by molar-refractivity contribution is 0.102. The first-order valence-corrected chi connectivity index (χ1v) is 11.7. The number of thiol groups is 1. The van der Waals surface area contributed by atoms with Gasteiger partial charge in [-0.3, -0.25) is 4.79 Å². The summed E-state index contributed by atoms with van der Waals surface area (Å²) in [7, 11) is 4.57. The molecular formula is C27H30N2O6S. The Morgan fingerprint density at radius 1 is 0.833 bits per heavy atom. The van der Waals surface area contributed by atoms with E-state index in [-0.39, 0.29) is 11.9 Å². The third-order valence-electron chi connectivity index (χ3n) is 5.60. The number of amides is 2.